The van der Waals surface area contributed by atoms with Crippen LogP contribution < -0.4 is 5.32 Å². The number of methoxy groups -OCH3 is 1. The van der Waals surface area contributed by atoms with Gasteiger partial charge in [0.1, 0.15) is 23.4 Å². The van der Waals surface area contributed by atoms with E-state index < -0.39 is 82.9 Å². The number of ketones is 2. The van der Waals surface area contributed by atoms with Gasteiger partial charge in [0.25, 0.3) is 0 Å². The van der Waals surface area contributed by atoms with Gasteiger partial charge in [-0.2, -0.15) is 0 Å². The van der Waals surface area contributed by atoms with Crippen molar-refractivity contribution >= 4 is 34.4 Å². The van der Waals surface area contributed by atoms with Gasteiger partial charge in [-0.3, -0.25) is 14.4 Å². The number of fused-ring (bicyclic) bond motifs is 2. The molecule has 3 fully saturated rings. The fourth-order valence-electron chi connectivity index (χ4n) is 9.20. The summed E-state index contributed by atoms with van der Waals surface area (Å²) in [6, 6.07) is 12.5. The Hall–Kier alpha value is -3.42. The van der Waals surface area contributed by atoms with Crippen molar-refractivity contribution in [2.45, 2.75) is 135 Å². The molecular weight excluding hydrogens is 692 g/mol. The molecule has 2 N–H and O–H groups in total. The zero-order valence-corrected chi connectivity index (χ0v) is 33.7. The maximum absolute atomic E-state index is 15.3. The molecule has 0 radical (unpaired) electrons. The molecule has 0 saturated carbocycles. The third kappa shape index (κ3) is 7.82. The second-order valence-electron chi connectivity index (χ2n) is 16.8. The van der Waals surface area contributed by atoms with E-state index in [-0.39, 0.29) is 37.2 Å². The van der Waals surface area contributed by atoms with Crippen LogP contribution in [-0.2, 0) is 44.5 Å². The van der Waals surface area contributed by atoms with E-state index in [1.54, 1.807) is 48.5 Å². The number of carbonyl (C=O) groups excluding carboxylic acids is 4. The van der Waals surface area contributed by atoms with E-state index in [1.807, 2.05) is 68.4 Å². The molecule has 3 aliphatic heterocycles. The van der Waals surface area contributed by atoms with Gasteiger partial charge >= 0.3 is 12.1 Å². The first-order valence-electron chi connectivity index (χ1n) is 19.3. The van der Waals surface area contributed by atoms with E-state index in [2.05, 4.69) is 5.32 Å². The number of aliphatic hydroxyl groups excluding tert-OH is 1. The summed E-state index contributed by atoms with van der Waals surface area (Å²) in [5.41, 5.74) is -3.74. The lowest BCUT2D eigenvalue weighted by atomic mass is 9.69. The van der Waals surface area contributed by atoms with Crippen LogP contribution in [0, 0.1) is 23.2 Å². The van der Waals surface area contributed by atoms with Gasteiger partial charge in [0, 0.05) is 30.9 Å². The number of hydrogen-bond acceptors (Lipinski definition) is 11. The Balaban J connectivity index is 1.67. The summed E-state index contributed by atoms with van der Waals surface area (Å²) in [6.07, 6.45) is -4.38. The Morgan fingerprint density at radius 3 is 2.26 bits per heavy atom. The van der Waals surface area contributed by atoms with E-state index in [0.717, 1.165) is 16.3 Å². The van der Waals surface area contributed by atoms with Gasteiger partial charge in [-0.05, 0) is 83.8 Å². The zero-order chi connectivity index (χ0) is 39.9. The predicted octanol–water partition coefficient (Wildman–Crippen LogP) is 5.24. The lowest BCUT2D eigenvalue weighted by Crippen LogP contribution is -2.61. The van der Waals surface area contributed by atoms with Crippen LogP contribution in [0.25, 0.3) is 10.8 Å². The van der Waals surface area contributed by atoms with Crippen molar-refractivity contribution in [1.82, 2.24) is 10.2 Å². The van der Waals surface area contributed by atoms with E-state index in [9.17, 15) is 19.5 Å². The van der Waals surface area contributed by atoms with E-state index in [1.165, 1.54) is 7.11 Å². The number of hydrogen-bond donors (Lipinski definition) is 2. The Morgan fingerprint density at radius 2 is 1.63 bits per heavy atom. The number of cyclic esters (lactones) is 1. The second kappa shape index (κ2) is 16.0. The lowest BCUT2D eigenvalue weighted by molar-refractivity contribution is -0.295. The standard InChI is InChI=1S/C42H60N2O10/c1-12-31-42(8)34(43-39(49)54-42)25(4)32(45)23(2)21-41(7,50-11)36(53-37-33(46)30(44(9)10)19-24(3)51-37)26(5)35(47)40(6,38(48)52-31)22-27-17-18-28-15-13-14-16-29(28)20-27/h13-18,20,23-26,30-31,33-34,36-37,46H,12,19,21-22H2,1-11H3,(H,43,49)/t23-,24-,25-,26+,30+,31+,33-,34?,36-,37?,40?,41+,42?/m1/s1. The van der Waals surface area contributed by atoms with Gasteiger partial charge < -0.3 is 39.0 Å². The molecule has 298 valence electrons. The first-order valence-corrected chi connectivity index (χ1v) is 19.3. The highest BCUT2D eigenvalue weighted by Gasteiger charge is 2.59. The number of esters is 1. The van der Waals surface area contributed by atoms with Crippen molar-refractivity contribution in [3.8, 4) is 0 Å². The predicted molar refractivity (Wildman–Crippen MR) is 203 cm³/mol. The minimum absolute atomic E-state index is 0.00153. The molecular formula is C42H60N2O10. The molecule has 0 spiro atoms. The van der Waals surface area contributed by atoms with Crippen molar-refractivity contribution in [3.63, 3.8) is 0 Å². The van der Waals surface area contributed by atoms with Crippen molar-refractivity contribution in [2.24, 2.45) is 23.2 Å². The Labute approximate surface area is 319 Å². The van der Waals surface area contributed by atoms with Gasteiger partial charge in [-0.1, -0.05) is 70.2 Å². The van der Waals surface area contributed by atoms with Crippen LogP contribution in [0.1, 0.15) is 80.2 Å². The number of rotatable bonds is 7. The number of alkyl carbamates (subject to hydrolysis) is 1. The third-order valence-corrected chi connectivity index (χ3v) is 12.5. The second-order valence-corrected chi connectivity index (χ2v) is 16.8. The molecule has 0 aromatic heterocycles. The third-order valence-electron chi connectivity index (χ3n) is 12.5. The number of ether oxygens (including phenoxy) is 5. The van der Waals surface area contributed by atoms with Gasteiger partial charge in [0.05, 0.1) is 23.9 Å². The molecule has 2 aromatic carbocycles. The fourth-order valence-corrected chi connectivity index (χ4v) is 9.20. The first kappa shape index (κ1) is 41.7. The molecule has 3 saturated heterocycles. The Bertz CT molecular complexity index is 1720. The topological polar surface area (TPSA) is 150 Å². The number of aliphatic hydroxyl groups is 1. The van der Waals surface area contributed by atoms with Crippen LogP contribution in [0.5, 0.6) is 0 Å². The normalized spacial score (nSPS) is 39.8. The SMILES string of the molecule is CC[C@@H]1OC(=O)C(C)(Cc2ccc3ccccc3c2)C(=O)[C@H](C)[C@@H](OC2O[C@H](C)C[C@H](N(C)C)[C@H]2O)[C@@](C)(OC)C[C@@H](C)C(=O)[C@@H](C)C2NC(=O)OC21C. The molecule has 12 heteroatoms. The summed E-state index contributed by atoms with van der Waals surface area (Å²) in [5.74, 6) is -3.86. The van der Waals surface area contributed by atoms with Crippen molar-refractivity contribution in [3.05, 3.63) is 48.0 Å². The number of benzene rings is 2. The molecule has 2 aromatic rings. The summed E-state index contributed by atoms with van der Waals surface area (Å²) < 4.78 is 31.4. The number of nitrogens with one attached hydrogen (secondary N) is 1. The molecule has 5 rings (SSSR count). The molecule has 4 unspecified atom stereocenters. The molecule has 1 amide bonds. The molecule has 13 atom stereocenters. The smallest absolute Gasteiger partial charge is 0.408 e. The number of carbonyl (C=O) groups is 4. The van der Waals surface area contributed by atoms with E-state index in [4.69, 9.17) is 23.7 Å². The first-order chi connectivity index (χ1) is 25.3. The van der Waals surface area contributed by atoms with E-state index in [0.29, 0.717) is 6.42 Å². The van der Waals surface area contributed by atoms with E-state index >= 15 is 4.79 Å². The largest absolute Gasteiger partial charge is 0.457 e. The number of Topliss-reactive ketones (excluding diaryl/α,β-unsaturated/α-hetero) is 2. The molecule has 3 heterocycles. The highest BCUT2D eigenvalue weighted by Crippen LogP contribution is 2.43. The minimum atomic E-state index is -1.77. The van der Waals surface area contributed by atoms with Crippen LogP contribution in [0.4, 0.5) is 4.79 Å². The molecule has 0 aliphatic carbocycles. The van der Waals surface area contributed by atoms with Crippen molar-refractivity contribution < 1.29 is 48.0 Å². The highest BCUT2D eigenvalue weighted by atomic mass is 16.7. The van der Waals surface area contributed by atoms with Crippen LogP contribution in [-0.4, -0.2) is 109 Å². The quantitative estimate of drug-likeness (QED) is 0.282. The fraction of sp³-hybridized carbons (Fsp3) is 0.667. The van der Waals surface area contributed by atoms with Crippen LogP contribution in [0.3, 0.4) is 0 Å². The summed E-state index contributed by atoms with van der Waals surface area (Å²) in [7, 11) is 5.25. The van der Waals surface area contributed by atoms with Gasteiger partial charge in [-0.15, -0.1) is 0 Å². The minimum Gasteiger partial charge on any atom is -0.457 e. The van der Waals surface area contributed by atoms with Gasteiger partial charge in [0.2, 0.25) is 0 Å². The van der Waals surface area contributed by atoms with Crippen molar-refractivity contribution in [1.29, 1.82) is 0 Å². The highest BCUT2D eigenvalue weighted by molar-refractivity contribution is 6.05. The average molecular weight is 753 g/mol. The van der Waals surface area contributed by atoms with Crippen LogP contribution in [0.15, 0.2) is 42.5 Å². The maximum atomic E-state index is 15.3. The number of amides is 1. The number of nitrogens with zero attached hydrogens (tertiary/aromatic N) is 1. The van der Waals surface area contributed by atoms with Gasteiger partial charge in [0.15, 0.2) is 17.7 Å². The molecule has 12 nitrogen and oxygen atoms in total. The molecule has 3 aliphatic rings. The summed E-state index contributed by atoms with van der Waals surface area (Å²) >= 11 is 0. The summed E-state index contributed by atoms with van der Waals surface area (Å²) in [4.78, 5) is 59.2. The van der Waals surface area contributed by atoms with Gasteiger partial charge in [-0.25, -0.2) is 4.79 Å². The van der Waals surface area contributed by atoms with Crippen LogP contribution in [0.2, 0.25) is 0 Å². The lowest BCUT2D eigenvalue weighted by Gasteiger charge is -2.47. The molecule has 0 bridgehead atoms. The Kier molecular flexibility index (Phi) is 12.3. The van der Waals surface area contributed by atoms with Crippen LogP contribution >= 0.6 is 0 Å². The number of likely N-dealkylation sites (N-methyl/N-ethyl adjacent to an activating group) is 1. The van der Waals surface area contributed by atoms with Crippen molar-refractivity contribution in [2.75, 3.05) is 21.2 Å². The summed E-state index contributed by atoms with van der Waals surface area (Å²) in [5, 5.41) is 16.4. The summed E-state index contributed by atoms with van der Waals surface area (Å²) in [6.45, 7) is 14.0. The maximum Gasteiger partial charge on any atom is 0.408 e. The zero-order valence-electron chi connectivity index (χ0n) is 33.7. The average Bonchev–Trinajstić information content (AvgIpc) is 3.45. The monoisotopic (exact) mass is 752 g/mol. The Morgan fingerprint density at radius 1 is 0.963 bits per heavy atom. The molecule has 54 heavy (non-hydrogen) atoms.